The molecule has 6 rings (SSSR count). The van der Waals surface area contributed by atoms with Gasteiger partial charge in [-0.15, -0.1) is 5.10 Å². The van der Waals surface area contributed by atoms with Crippen molar-refractivity contribution >= 4 is 40.5 Å². The lowest BCUT2D eigenvalue weighted by molar-refractivity contribution is -0.192. The van der Waals surface area contributed by atoms with E-state index in [1.807, 2.05) is 0 Å². The summed E-state index contributed by atoms with van der Waals surface area (Å²) in [5.74, 6) is -1.48. The first kappa shape index (κ1) is 27.9. The Morgan fingerprint density at radius 1 is 1.29 bits per heavy atom. The molecule has 4 aromatic rings. The van der Waals surface area contributed by atoms with Crippen molar-refractivity contribution in [2.75, 3.05) is 19.5 Å². The Balaban J connectivity index is 1.32. The molecule has 1 saturated heterocycles. The molecule has 220 valence electrons. The zero-order chi connectivity index (χ0) is 29.8. The number of benzene rings is 1. The van der Waals surface area contributed by atoms with Gasteiger partial charge >= 0.3 is 11.9 Å². The first-order chi connectivity index (χ1) is 20.1. The highest BCUT2D eigenvalue weighted by atomic mass is 35.5. The number of hydrogen-bond acceptors (Lipinski definition) is 15. The summed E-state index contributed by atoms with van der Waals surface area (Å²) in [6, 6.07) is 6.23. The third kappa shape index (κ3) is 4.24. The Morgan fingerprint density at radius 2 is 2.05 bits per heavy atom. The van der Waals surface area contributed by atoms with E-state index in [9.17, 15) is 19.8 Å². The van der Waals surface area contributed by atoms with Crippen LogP contribution in [0, 0.1) is 0 Å². The van der Waals surface area contributed by atoms with Crippen LogP contribution in [0.25, 0.3) is 11.2 Å². The fourth-order valence-electron chi connectivity index (χ4n) is 5.13. The highest BCUT2D eigenvalue weighted by Crippen LogP contribution is 2.57. The van der Waals surface area contributed by atoms with E-state index in [-0.39, 0.29) is 41.1 Å². The number of methoxy groups -OCH3 is 1. The van der Waals surface area contributed by atoms with Crippen LogP contribution in [0.4, 0.5) is 5.82 Å². The average molecular weight is 602 g/mol. The van der Waals surface area contributed by atoms with Crippen molar-refractivity contribution in [3.05, 3.63) is 52.8 Å². The minimum absolute atomic E-state index is 0.00635. The number of H-pyrrole nitrogens is 1. The number of tetrazole rings is 1. The van der Waals surface area contributed by atoms with E-state index in [1.54, 1.807) is 19.1 Å². The molecule has 42 heavy (non-hydrogen) atoms. The molecule has 2 fully saturated rings. The summed E-state index contributed by atoms with van der Waals surface area (Å²) in [7, 11) is 1.26. The Kier molecular flexibility index (Phi) is 6.77. The maximum atomic E-state index is 13.5. The smallest absolute Gasteiger partial charge is 0.346 e. The highest BCUT2D eigenvalue weighted by molar-refractivity contribution is 6.28. The van der Waals surface area contributed by atoms with Crippen LogP contribution in [-0.4, -0.2) is 99.9 Å². The molecular formula is C24H24ClN9O8. The Morgan fingerprint density at radius 3 is 2.67 bits per heavy atom. The highest BCUT2D eigenvalue weighted by Gasteiger charge is 2.79. The van der Waals surface area contributed by atoms with E-state index in [0.717, 1.165) is 0 Å². The second-order valence-corrected chi connectivity index (χ2v) is 10.0. The number of anilines is 1. The summed E-state index contributed by atoms with van der Waals surface area (Å²) in [5, 5.41) is 36.3. The SMILES string of the molecule is CCOC(=O)C(Cc1ccc(C(=O)OC)cc1)(OC1[C@H]2O[C@@H](n3cnc4c(N)nc(Cl)nc43)[C@H](O)[C@@]12O)c1nnn[nH]1. The van der Waals surface area contributed by atoms with Gasteiger partial charge in [0.1, 0.15) is 23.8 Å². The van der Waals surface area contributed by atoms with Gasteiger partial charge in [0, 0.05) is 6.42 Å². The Bertz CT molecular complexity index is 1650. The van der Waals surface area contributed by atoms with E-state index in [0.29, 0.717) is 11.1 Å². The number of aromatic nitrogens is 8. The maximum absolute atomic E-state index is 13.5. The minimum atomic E-state index is -2.01. The fourth-order valence-corrected chi connectivity index (χ4v) is 5.30. The van der Waals surface area contributed by atoms with Crippen molar-refractivity contribution in [1.82, 2.24) is 40.1 Å². The molecule has 0 amide bonds. The molecular weight excluding hydrogens is 578 g/mol. The van der Waals surface area contributed by atoms with Crippen molar-refractivity contribution in [3.63, 3.8) is 0 Å². The van der Waals surface area contributed by atoms with Crippen molar-refractivity contribution in [3.8, 4) is 0 Å². The molecule has 0 spiro atoms. The molecule has 0 bridgehead atoms. The van der Waals surface area contributed by atoms with Gasteiger partial charge in [-0.3, -0.25) is 4.57 Å². The predicted octanol–water partition coefficient (Wildman–Crippen LogP) is -0.549. The second-order valence-electron chi connectivity index (χ2n) is 9.68. The summed E-state index contributed by atoms with van der Waals surface area (Å²) in [6.45, 7) is 1.61. The molecule has 2 aliphatic rings. The number of carbonyl (C=O) groups is 2. The maximum Gasteiger partial charge on any atom is 0.346 e. The van der Waals surface area contributed by atoms with Crippen molar-refractivity contribution in [2.24, 2.45) is 0 Å². The molecule has 5 N–H and O–H groups in total. The molecule has 1 saturated carbocycles. The molecule has 17 nitrogen and oxygen atoms in total. The van der Waals surface area contributed by atoms with E-state index in [4.69, 9.17) is 36.3 Å². The third-order valence-electron chi connectivity index (χ3n) is 7.29. The Labute approximate surface area is 240 Å². The number of fused-ring (bicyclic) bond motifs is 2. The molecule has 18 heteroatoms. The van der Waals surface area contributed by atoms with Crippen LogP contribution < -0.4 is 5.73 Å². The number of aromatic amines is 1. The van der Waals surface area contributed by atoms with E-state index < -0.39 is 47.7 Å². The monoisotopic (exact) mass is 601 g/mol. The number of esters is 2. The molecule has 1 aliphatic heterocycles. The molecule has 6 atom stereocenters. The van der Waals surface area contributed by atoms with Gasteiger partial charge in [-0.2, -0.15) is 9.97 Å². The molecule has 2 unspecified atom stereocenters. The Hall–Kier alpha value is -4.29. The number of nitrogens with two attached hydrogens (primary N) is 1. The molecule has 3 aromatic heterocycles. The number of aliphatic hydroxyl groups is 2. The normalized spacial score (nSPS) is 26.0. The first-order valence-electron chi connectivity index (χ1n) is 12.6. The number of nitrogen functional groups attached to an aromatic ring is 1. The van der Waals surface area contributed by atoms with Crippen LogP contribution in [0.1, 0.15) is 34.9 Å². The average Bonchev–Trinajstić information content (AvgIpc) is 3.48. The van der Waals surface area contributed by atoms with Crippen LogP contribution in [0.3, 0.4) is 0 Å². The van der Waals surface area contributed by atoms with Gasteiger partial charge in [0.2, 0.25) is 10.9 Å². The van der Waals surface area contributed by atoms with Crippen LogP contribution in [0.15, 0.2) is 30.6 Å². The van der Waals surface area contributed by atoms with Gasteiger partial charge in [0.25, 0.3) is 0 Å². The number of imidazole rings is 1. The zero-order valence-corrected chi connectivity index (χ0v) is 22.8. The van der Waals surface area contributed by atoms with Crippen LogP contribution >= 0.6 is 11.6 Å². The summed E-state index contributed by atoms with van der Waals surface area (Å²) in [6.07, 6.45) is -3.87. The number of aliphatic hydroxyl groups excluding tert-OH is 1. The second kappa shape index (κ2) is 10.2. The lowest BCUT2D eigenvalue weighted by Gasteiger charge is -2.32. The van der Waals surface area contributed by atoms with Crippen molar-refractivity contribution < 1.29 is 38.7 Å². The lowest BCUT2D eigenvalue weighted by atomic mass is 9.92. The topological polar surface area (TPSA) is 236 Å². The van der Waals surface area contributed by atoms with E-state index in [2.05, 4.69) is 35.6 Å². The third-order valence-corrected chi connectivity index (χ3v) is 7.46. The fraction of sp³-hybridized carbons (Fsp3) is 0.417. The van der Waals surface area contributed by atoms with Gasteiger partial charge in [0.15, 0.2) is 29.1 Å². The van der Waals surface area contributed by atoms with E-state index in [1.165, 1.54) is 30.1 Å². The van der Waals surface area contributed by atoms with Crippen LogP contribution in [0.2, 0.25) is 5.28 Å². The lowest BCUT2D eigenvalue weighted by Crippen LogP contribution is -2.47. The number of ether oxygens (including phenoxy) is 4. The quantitative estimate of drug-likeness (QED) is 0.139. The largest absolute Gasteiger partial charge is 0.465 e. The summed E-state index contributed by atoms with van der Waals surface area (Å²) < 4.78 is 23.7. The summed E-state index contributed by atoms with van der Waals surface area (Å²) in [4.78, 5) is 37.6. The van der Waals surface area contributed by atoms with Crippen molar-refractivity contribution in [1.29, 1.82) is 0 Å². The van der Waals surface area contributed by atoms with Crippen LogP contribution in [-0.2, 0) is 35.8 Å². The van der Waals surface area contributed by atoms with Gasteiger partial charge in [0.05, 0.1) is 25.6 Å². The molecule has 0 radical (unpaired) electrons. The first-order valence-corrected chi connectivity index (χ1v) is 13.0. The van der Waals surface area contributed by atoms with Crippen molar-refractivity contribution in [2.45, 2.75) is 49.1 Å². The molecule has 1 aromatic carbocycles. The summed E-state index contributed by atoms with van der Waals surface area (Å²) >= 11 is 5.96. The number of rotatable bonds is 9. The number of nitrogens with one attached hydrogen (secondary N) is 1. The minimum Gasteiger partial charge on any atom is -0.465 e. The predicted molar refractivity (Wildman–Crippen MR) is 138 cm³/mol. The standard InChI is InChI=1S/C24H24ClN9O8/c1-3-40-21(37)23(20-30-32-33-31-20,8-10-4-6-11(7-5-10)19(36)39-2)42-15-14-24(15,38)13(35)18(41-14)34-9-27-12-16(26)28-22(25)29-17(12)34/h4-7,9,13-15,18,35,38H,3,8H2,1-2H3,(H2,26,28,29)(H,30,31,32,33)/t13-,14+,15?,18+,23?,24-/m0/s1. The van der Waals surface area contributed by atoms with Crippen LogP contribution in [0.5, 0.6) is 0 Å². The van der Waals surface area contributed by atoms with E-state index >= 15 is 0 Å². The number of nitrogens with zero attached hydrogens (tertiary/aromatic N) is 7. The van der Waals surface area contributed by atoms with Gasteiger partial charge < -0.3 is 34.9 Å². The van der Waals surface area contributed by atoms with Gasteiger partial charge in [-0.25, -0.2) is 19.7 Å². The number of hydrogen-bond donors (Lipinski definition) is 4. The number of halogens is 1. The van der Waals surface area contributed by atoms with Gasteiger partial charge in [-0.1, -0.05) is 12.1 Å². The number of carbonyl (C=O) groups excluding carboxylic acids is 2. The molecule has 4 heterocycles. The zero-order valence-electron chi connectivity index (χ0n) is 22.0. The summed E-state index contributed by atoms with van der Waals surface area (Å²) in [5.41, 5.74) is 3.15. The molecule has 1 aliphatic carbocycles. The van der Waals surface area contributed by atoms with Gasteiger partial charge in [-0.05, 0) is 46.6 Å².